The zero-order valence-electron chi connectivity index (χ0n) is 9.96. The number of hydrogen-bond acceptors (Lipinski definition) is 3. The zero-order chi connectivity index (χ0) is 13.5. The molecule has 1 rings (SSSR count). The van der Waals surface area contributed by atoms with E-state index in [2.05, 4.69) is 10.6 Å². The van der Waals surface area contributed by atoms with Crippen LogP contribution in [0.4, 0.5) is 4.79 Å². The van der Waals surface area contributed by atoms with E-state index in [-0.39, 0.29) is 12.6 Å². The van der Waals surface area contributed by atoms with Gasteiger partial charge >= 0.3 is 12.0 Å². The van der Waals surface area contributed by atoms with Gasteiger partial charge in [0.2, 0.25) is 0 Å². The van der Waals surface area contributed by atoms with Crippen molar-refractivity contribution in [3.05, 3.63) is 35.9 Å². The second-order valence-corrected chi connectivity index (χ2v) is 3.84. The van der Waals surface area contributed by atoms with Gasteiger partial charge in [-0.15, -0.1) is 0 Å². The first-order valence-corrected chi connectivity index (χ1v) is 5.51. The Kier molecular flexibility index (Phi) is 5.13. The minimum Gasteiger partial charge on any atom is -0.479 e. The fraction of sp³-hybridized carbons (Fsp3) is 0.333. The summed E-state index contributed by atoms with van der Waals surface area (Å²) in [6, 6.07) is 8.62. The Hall–Kier alpha value is -2.08. The average molecular weight is 252 g/mol. The van der Waals surface area contributed by atoms with Gasteiger partial charge in [0.1, 0.15) is 0 Å². The van der Waals surface area contributed by atoms with Gasteiger partial charge in [0.25, 0.3) is 0 Å². The third kappa shape index (κ3) is 4.42. The molecule has 0 saturated heterocycles. The van der Waals surface area contributed by atoms with E-state index in [4.69, 9.17) is 10.2 Å². The topological polar surface area (TPSA) is 98.7 Å². The number of amides is 2. The molecule has 0 aliphatic heterocycles. The van der Waals surface area contributed by atoms with E-state index in [1.54, 1.807) is 0 Å². The van der Waals surface area contributed by atoms with E-state index < -0.39 is 18.1 Å². The predicted octanol–water partition coefficient (Wildman–Crippen LogP) is 0.492. The molecule has 4 N–H and O–H groups in total. The normalized spacial score (nSPS) is 13.4. The Morgan fingerprint density at radius 3 is 2.44 bits per heavy atom. The van der Waals surface area contributed by atoms with Crippen molar-refractivity contribution in [2.75, 3.05) is 6.54 Å². The summed E-state index contributed by atoms with van der Waals surface area (Å²) in [7, 11) is 0. The third-order valence-electron chi connectivity index (χ3n) is 2.39. The highest BCUT2D eigenvalue weighted by molar-refractivity contribution is 5.76. The van der Waals surface area contributed by atoms with Crippen molar-refractivity contribution in [2.45, 2.75) is 19.1 Å². The van der Waals surface area contributed by atoms with Crippen LogP contribution in [0.3, 0.4) is 0 Å². The number of urea groups is 1. The molecule has 2 amide bonds. The highest BCUT2D eigenvalue weighted by Gasteiger charge is 2.15. The molecule has 0 aliphatic carbocycles. The zero-order valence-corrected chi connectivity index (χ0v) is 9.96. The molecule has 2 unspecified atom stereocenters. The number of aliphatic hydroxyl groups excluding tert-OH is 1. The summed E-state index contributed by atoms with van der Waals surface area (Å²) >= 11 is 0. The highest BCUT2D eigenvalue weighted by atomic mass is 16.4. The quantitative estimate of drug-likeness (QED) is 0.613. The summed E-state index contributed by atoms with van der Waals surface area (Å²) in [5.41, 5.74) is 0.937. The van der Waals surface area contributed by atoms with Gasteiger partial charge in [-0.25, -0.2) is 9.59 Å². The molecule has 0 spiro atoms. The van der Waals surface area contributed by atoms with Crippen molar-refractivity contribution in [3.63, 3.8) is 0 Å². The fourth-order valence-electron chi connectivity index (χ4n) is 1.35. The lowest BCUT2D eigenvalue weighted by Crippen LogP contribution is -2.42. The first-order valence-electron chi connectivity index (χ1n) is 5.51. The van der Waals surface area contributed by atoms with E-state index in [1.807, 2.05) is 37.3 Å². The Labute approximate surface area is 105 Å². The van der Waals surface area contributed by atoms with Crippen molar-refractivity contribution in [3.8, 4) is 0 Å². The van der Waals surface area contributed by atoms with Crippen molar-refractivity contribution >= 4 is 12.0 Å². The molecule has 1 aromatic rings. The Bertz CT molecular complexity index is 408. The number of hydrogen-bond donors (Lipinski definition) is 4. The Morgan fingerprint density at radius 1 is 1.28 bits per heavy atom. The summed E-state index contributed by atoms with van der Waals surface area (Å²) in [5, 5.41) is 22.3. The predicted molar refractivity (Wildman–Crippen MR) is 65.0 cm³/mol. The molecule has 2 atom stereocenters. The maximum atomic E-state index is 11.4. The van der Waals surface area contributed by atoms with E-state index >= 15 is 0 Å². The highest BCUT2D eigenvalue weighted by Crippen LogP contribution is 2.10. The van der Waals surface area contributed by atoms with Crippen molar-refractivity contribution in [1.82, 2.24) is 10.6 Å². The standard InChI is InChI=1S/C12H16N2O4/c1-8(9-5-3-2-4-6-9)14-12(18)13-7-10(15)11(16)17/h2-6,8,10,15H,7H2,1H3,(H,16,17)(H2,13,14,18). The van der Waals surface area contributed by atoms with Crippen molar-refractivity contribution in [2.24, 2.45) is 0 Å². The minimum atomic E-state index is -1.59. The van der Waals surface area contributed by atoms with Crippen LogP contribution in [-0.4, -0.2) is 34.9 Å². The van der Waals surface area contributed by atoms with Gasteiger partial charge in [-0.1, -0.05) is 30.3 Å². The average Bonchev–Trinajstić information content (AvgIpc) is 2.36. The van der Waals surface area contributed by atoms with Crippen LogP contribution in [-0.2, 0) is 4.79 Å². The van der Waals surface area contributed by atoms with Crippen LogP contribution >= 0.6 is 0 Å². The van der Waals surface area contributed by atoms with E-state index in [9.17, 15) is 9.59 Å². The number of rotatable bonds is 5. The number of nitrogens with one attached hydrogen (secondary N) is 2. The molecular weight excluding hydrogens is 236 g/mol. The van der Waals surface area contributed by atoms with Gasteiger partial charge in [0.05, 0.1) is 12.6 Å². The second kappa shape index (κ2) is 6.61. The summed E-state index contributed by atoms with van der Waals surface area (Å²) in [4.78, 5) is 21.8. The molecule has 0 saturated carbocycles. The number of aliphatic carboxylic acids is 1. The van der Waals surface area contributed by atoms with Gasteiger partial charge in [0, 0.05) is 0 Å². The van der Waals surface area contributed by atoms with E-state index in [0.29, 0.717) is 0 Å². The summed E-state index contributed by atoms with van der Waals surface area (Å²) in [6.07, 6.45) is -1.59. The first-order chi connectivity index (χ1) is 8.50. The number of carbonyl (C=O) groups excluding carboxylic acids is 1. The van der Waals surface area contributed by atoms with Gasteiger partial charge < -0.3 is 20.8 Å². The van der Waals surface area contributed by atoms with Gasteiger partial charge in [-0.2, -0.15) is 0 Å². The van der Waals surface area contributed by atoms with E-state index in [1.165, 1.54) is 0 Å². The van der Waals surface area contributed by atoms with Crippen molar-refractivity contribution in [1.29, 1.82) is 0 Å². The lowest BCUT2D eigenvalue weighted by atomic mass is 10.1. The van der Waals surface area contributed by atoms with Crippen LogP contribution in [0.5, 0.6) is 0 Å². The largest absolute Gasteiger partial charge is 0.479 e. The van der Waals surface area contributed by atoms with Crippen LogP contribution in [0.2, 0.25) is 0 Å². The molecule has 0 aromatic heterocycles. The van der Waals surface area contributed by atoms with Crippen molar-refractivity contribution < 1.29 is 19.8 Å². The monoisotopic (exact) mass is 252 g/mol. The second-order valence-electron chi connectivity index (χ2n) is 3.84. The molecule has 0 aliphatic rings. The maximum absolute atomic E-state index is 11.4. The fourth-order valence-corrected chi connectivity index (χ4v) is 1.35. The molecule has 98 valence electrons. The molecule has 18 heavy (non-hydrogen) atoms. The molecular formula is C12H16N2O4. The van der Waals surface area contributed by atoms with E-state index in [0.717, 1.165) is 5.56 Å². The Balaban J connectivity index is 2.39. The van der Waals surface area contributed by atoms with Gasteiger partial charge in [-0.05, 0) is 12.5 Å². The molecule has 1 aromatic carbocycles. The van der Waals surface area contributed by atoms with Crippen LogP contribution < -0.4 is 10.6 Å². The van der Waals surface area contributed by atoms with Gasteiger partial charge in [0.15, 0.2) is 6.10 Å². The Morgan fingerprint density at radius 2 is 1.89 bits per heavy atom. The van der Waals surface area contributed by atoms with Crippen LogP contribution in [0.25, 0.3) is 0 Å². The molecule has 6 nitrogen and oxygen atoms in total. The molecule has 0 fully saturated rings. The van der Waals surface area contributed by atoms with Crippen LogP contribution in [0.1, 0.15) is 18.5 Å². The number of carbonyl (C=O) groups is 2. The van der Waals surface area contributed by atoms with Crippen LogP contribution in [0.15, 0.2) is 30.3 Å². The maximum Gasteiger partial charge on any atom is 0.334 e. The molecule has 0 bridgehead atoms. The third-order valence-corrected chi connectivity index (χ3v) is 2.39. The summed E-state index contributed by atoms with van der Waals surface area (Å²) in [6.45, 7) is 1.48. The lowest BCUT2D eigenvalue weighted by Gasteiger charge is -2.15. The number of carboxylic acids is 1. The SMILES string of the molecule is CC(NC(=O)NCC(O)C(=O)O)c1ccccc1. The summed E-state index contributed by atoms with van der Waals surface area (Å²) in [5.74, 6) is -1.37. The first kappa shape index (κ1) is 14.0. The van der Waals surface area contributed by atoms with Gasteiger partial charge in [-0.3, -0.25) is 0 Å². The molecule has 0 radical (unpaired) electrons. The number of benzene rings is 1. The number of aliphatic hydroxyl groups is 1. The molecule has 6 heteroatoms. The minimum absolute atomic E-state index is 0.201. The smallest absolute Gasteiger partial charge is 0.334 e. The number of carboxylic acid groups (broad SMARTS) is 1. The van der Waals surface area contributed by atoms with Crippen LogP contribution in [0, 0.1) is 0 Å². The summed E-state index contributed by atoms with van der Waals surface area (Å²) < 4.78 is 0. The lowest BCUT2D eigenvalue weighted by molar-refractivity contribution is -0.146. The molecule has 0 heterocycles.